The first-order valence-electron chi connectivity index (χ1n) is 8.48. The molecule has 0 aliphatic carbocycles. The molecule has 0 amide bonds. The van der Waals surface area contributed by atoms with Gasteiger partial charge in [-0.05, 0) is 70.5 Å². The topological polar surface area (TPSA) is 21.7 Å². The van der Waals surface area contributed by atoms with E-state index in [1.165, 1.54) is 37.9 Å². The Hall–Kier alpha value is -1.48. The lowest BCUT2D eigenvalue weighted by atomic mass is 9.99. The first-order chi connectivity index (χ1) is 10.6. The second kappa shape index (κ2) is 6.33. The fourth-order valence-electron chi connectivity index (χ4n) is 3.23. The first-order valence-corrected chi connectivity index (χ1v) is 8.48. The molecule has 1 fully saturated rings. The van der Waals surface area contributed by atoms with Crippen LogP contribution in [0.5, 0.6) is 11.5 Å². The predicted octanol–water partition coefficient (Wildman–Crippen LogP) is 4.26. The SMILES string of the molecule is CCOc1cc(CN2CCCCC2)cc2c1OC(C)(C)C=C2. The van der Waals surface area contributed by atoms with Crippen molar-refractivity contribution in [2.45, 2.75) is 52.2 Å². The van der Waals surface area contributed by atoms with Gasteiger partial charge >= 0.3 is 0 Å². The van der Waals surface area contributed by atoms with Crippen LogP contribution in [0.3, 0.4) is 0 Å². The van der Waals surface area contributed by atoms with Crippen LogP contribution in [0.15, 0.2) is 18.2 Å². The molecule has 0 N–H and O–H groups in total. The van der Waals surface area contributed by atoms with Gasteiger partial charge in [-0.3, -0.25) is 4.90 Å². The molecule has 0 radical (unpaired) electrons. The van der Waals surface area contributed by atoms with Gasteiger partial charge in [0.1, 0.15) is 5.60 Å². The van der Waals surface area contributed by atoms with Crippen molar-refractivity contribution in [3.05, 3.63) is 29.3 Å². The molecule has 0 bridgehead atoms. The zero-order valence-corrected chi connectivity index (χ0v) is 14.0. The molecule has 0 unspecified atom stereocenters. The Morgan fingerprint density at radius 2 is 1.95 bits per heavy atom. The molecule has 0 aromatic heterocycles. The second-order valence-corrected chi connectivity index (χ2v) is 6.82. The van der Waals surface area contributed by atoms with Crippen molar-refractivity contribution in [1.82, 2.24) is 4.90 Å². The van der Waals surface area contributed by atoms with Crippen molar-refractivity contribution in [3.8, 4) is 11.5 Å². The summed E-state index contributed by atoms with van der Waals surface area (Å²) in [5.74, 6) is 1.76. The Morgan fingerprint density at radius 3 is 2.68 bits per heavy atom. The number of fused-ring (bicyclic) bond motifs is 1. The molecule has 1 aromatic carbocycles. The summed E-state index contributed by atoms with van der Waals surface area (Å²) in [5.41, 5.74) is 2.18. The van der Waals surface area contributed by atoms with E-state index in [1.54, 1.807) is 0 Å². The van der Waals surface area contributed by atoms with Crippen molar-refractivity contribution in [2.24, 2.45) is 0 Å². The van der Waals surface area contributed by atoms with E-state index >= 15 is 0 Å². The average molecular weight is 301 g/mol. The Bertz CT molecular complexity index is 557. The zero-order chi connectivity index (χ0) is 15.6. The number of hydrogen-bond acceptors (Lipinski definition) is 3. The van der Waals surface area contributed by atoms with Crippen LogP contribution in [0, 0.1) is 0 Å². The summed E-state index contributed by atoms with van der Waals surface area (Å²) in [7, 11) is 0. The van der Waals surface area contributed by atoms with Crippen molar-refractivity contribution in [3.63, 3.8) is 0 Å². The molecule has 0 atom stereocenters. The van der Waals surface area contributed by atoms with Crippen LogP contribution < -0.4 is 9.47 Å². The number of rotatable bonds is 4. The normalized spacial score (nSPS) is 20.3. The van der Waals surface area contributed by atoms with Gasteiger partial charge in [-0.1, -0.05) is 12.5 Å². The van der Waals surface area contributed by atoms with E-state index < -0.39 is 0 Å². The number of piperidine rings is 1. The molecule has 3 nitrogen and oxygen atoms in total. The van der Waals surface area contributed by atoms with Gasteiger partial charge in [0.15, 0.2) is 11.5 Å². The van der Waals surface area contributed by atoms with Gasteiger partial charge in [-0.25, -0.2) is 0 Å². The van der Waals surface area contributed by atoms with Crippen LogP contribution in [0.2, 0.25) is 0 Å². The number of nitrogens with zero attached hydrogens (tertiary/aromatic N) is 1. The Balaban J connectivity index is 1.87. The van der Waals surface area contributed by atoms with Crippen molar-refractivity contribution in [2.75, 3.05) is 19.7 Å². The smallest absolute Gasteiger partial charge is 0.169 e. The maximum atomic E-state index is 6.12. The summed E-state index contributed by atoms with van der Waals surface area (Å²) in [6.07, 6.45) is 8.30. The highest BCUT2D eigenvalue weighted by atomic mass is 16.5. The Kier molecular flexibility index (Phi) is 4.44. The zero-order valence-electron chi connectivity index (χ0n) is 14.0. The summed E-state index contributed by atoms with van der Waals surface area (Å²) in [4.78, 5) is 2.54. The fourth-order valence-corrected chi connectivity index (χ4v) is 3.23. The third-order valence-corrected chi connectivity index (χ3v) is 4.33. The molecule has 3 heteroatoms. The maximum Gasteiger partial charge on any atom is 0.169 e. The molecule has 3 rings (SSSR count). The maximum absolute atomic E-state index is 6.12. The number of likely N-dealkylation sites (tertiary alicyclic amines) is 1. The van der Waals surface area contributed by atoms with Crippen LogP contribution >= 0.6 is 0 Å². The van der Waals surface area contributed by atoms with Crippen molar-refractivity contribution >= 4 is 6.08 Å². The van der Waals surface area contributed by atoms with Crippen LogP contribution in [0.4, 0.5) is 0 Å². The Morgan fingerprint density at radius 1 is 1.18 bits per heavy atom. The minimum absolute atomic E-state index is 0.271. The summed E-state index contributed by atoms with van der Waals surface area (Å²) in [6, 6.07) is 4.41. The lowest BCUT2D eigenvalue weighted by Gasteiger charge is -2.31. The van der Waals surface area contributed by atoms with E-state index in [2.05, 4.69) is 43.0 Å². The highest BCUT2D eigenvalue weighted by Crippen LogP contribution is 2.40. The average Bonchev–Trinajstić information content (AvgIpc) is 2.49. The molecule has 0 spiro atoms. The minimum atomic E-state index is -0.271. The molecular formula is C19H27NO2. The molecule has 2 aliphatic rings. The standard InChI is InChI=1S/C19H27NO2/c1-4-21-17-13-15(14-20-10-6-5-7-11-20)12-16-8-9-19(2,3)22-18(16)17/h8-9,12-13H,4-7,10-11,14H2,1-3H3. The van der Waals surface area contributed by atoms with E-state index in [0.29, 0.717) is 6.61 Å². The molecule has 2 aliphatic heterocycles. The summed E-state index contributed by atoms with van der Waals surface area (Å²) in [5, 5.41) is 0. The van der Waals surface area contributed by atoms with Gasteiger partial charge in [0, 0.05) is 12.1 Å². The first kappa shape index (κ1) is 15.4. The molecule has 120 valence electrons. The number of ether oxygens (including phenoxy) is 2. The highest BCUT2D eigenvalue weighted by Gasteiger charge is 2.25. The van der Waals surface area contributed by atoms with Crippen LogP contribution in [-0.2, 0) is 6.54 Å². The predicted molar refractivity (Wildman–Crippen MR) is 90.5 cm³/mol. The monoisotopic (exact) mass is 301 g/mol. The van der Waals surface area contributed by atoms with Gasteiger partial charge in [0.25, 0.3) is 0 Å². The van der Waals surface area contributed by atoms with E-state index in [0.717, 1.165) is 23.6 Å². The van der Waals surface area contributed by atoms with Crippen LogP contribution in [0.25, 0.3) is 6.08 Å². The highest BCUT2D eigenvalue weighted by molar-refractivity contribution is 5.66. The summed E-state index contributed by atoms with van der Waals surface area (Å²) in [6.45, 7) is 10.2. The van der Waals surface area contributed by atoms with Gasteiger partial charge in [-0.2, -0.15) is 0 Å². The second-order valence-electron chi connectivity index (χ2n) is 6.82. The van der Waals surface area contributed by atoms with Crippen LogP contribution in [-0.4, -0.2) is 30.2 Å². The lowest BCUT2D eigenvalue weighted by molar-refractivity contribution is 0.149. The molecular weight excluding hydrogens is 274 g/mol. The summed E-state index contributed by atoms with van der Waals surface area (Å²) < 4.78 is 12.0. The lowest BCUT2D eigenvalue weighted by Crippen LogP contribution is -2.30. The molecule has 1 saturated heterocycles. The van der Waals surface area contributed by atoms with E-state index in [4.69, 9.17) is 9.47 Å². The fraction of sp³-hybridized carbons (Fsp3) is 0.579. The largest absolute Gasteiger partial charge is 0.490 e. The van der Waals surface area contributed by atoms with Crippen LogP contribution in [0.1, 0.15) is 51.2 Å². The molecule has 22 heavy (non-hydrogen) atoms. The number of hydrogen-bond donors (Lipinski definition) is 0. The van der Waals surface area contributed by atoms with E-state index in [1.807, 2.05) is 6.92 Å². The number of benzene rings is 1. The van der Waals surface area contributed by atoms with Gasteiger partial charge < -0.3 is 9.47 Å². The molecule has 1 aromatic rings. The quantitative estimate of drug-likeness (QED) is 0.829. The van der Waals surface area contributed by atoms with Gasteiger partial charge in [0.05, 0.1) is 6.61 Å². The molecule has 0 saturated carbocycles. The minimum Gasteiger partial charge on any atom is -0.490 e. The Labute approximate surface area is 133 Å². The van der Waals surface area contributed by atoms with E-state index in [9.17, 15) is 0 Å². The van der Waals surface area contributed by atoms with E-state index in [-0.39, 0.29) is 5.60 Å². The summed E-state index contributed by atoms with van der Waals surface area (Å²) >= 11 is 0. The van der Waals surface area contributed by atoms with Gasteiger partial charge in [-0.15, -0.1) is 0 Å². The third kappa shape index (κ3) is 3.46. The molecule has 2 heterocycles. The van der Waals surface area contributed by atoms with Crippen molar-refractivity contribution < 1.29 is 9.47 Å². The van der Waals surface area contributed by atoms with Crippen molar-refractivity contribution in [1.29, 1.82) is 0 Å². The third-order valence-electron chi connectivity index (χ3n) is 4.33. The van der Waals surface area contributed by atoms with Gasteiger partial charge in [0.2, 0.25) is 0 Å².